The second-order valence-corrected chi connectivity index (χ2v) is 5.42. The quantitative estimate of drug-likeness (QED) is 0.716. The molecule has 0 heterocycles. The summed E-state index contributed by atoms with van der Waals surface area (Å²) in [6.07, 6.45) is 0.316. The van der Waals surface area contributed by atoms with Crippen molar-refractivity contribution < 1.29 is 19.4 Å². The molecular weight excluding hydrogens is 222 g/mol. The third-order valence-electron chi connectivity index (χ3n) is 2.09. The standard InChI is InChI=1S/C12H23NO4/c1-12(2,3)17-11(16)9(8-10(14)15)6-7-13(4)5/h9H,6-8H2,1-5H3,(H,14,15). The highest BCUT2D eigenvalue weighted by atomic mass is 16.6. The van der Waals surface area contributed by atoms with E-state index in [1.165, 1.54) is 0 Å². The highest BCUT2D eigenvalue weighted by molar-refractivity contribution is 5.79. The molecule has 0 aliphatic carbocycles. The number of carbonyl (C=O) groups is 2. The molecule has 5 heteroatoms. The van der Waals surface area contributed by atoms with Gasteiger partial charge >= 0.3 is 11.9 Å². The van der Waals surface area contributed by atoms with Crippen molar-refractivity contribution in [3.8, 4) is 0 Å². The molecule has 0 spiro atoms. The Kier molecular flexibility index (Phi) is 6.16. The molecule has 0 bridgehead atoms. The van der Waals surface area contributed by atoms with Gasteiger partial charge in [0.1, 0.15) is 5.60 Å². The van der Waals surface area contributed by atoms with Crippen LogP contribution >= 0.6 is 0 Å². The van der Waals surface area contributed by atoms with Crippen LogP contribution < -0.4 is 0 Å². The van der Waals surface area contributed by atoms with Gasteiger partial charge in [-0.1, -0.05) is 0 Å². The van der Waals surface area contributed by atoms with Crippen LogP contribution in [0.2, 0.25) is 0 Å². The van der Waals surface area contributed by atoms with Crippen molar-refractivity contribution in [1.82, 2.24) is 4.90 Å². The molecule has 0 aliphatic heterocycles. The molecule has 0 aromatic carbocycles. The zero-order chi connectivity index (χ0) is 13.6. The third kappa shape index (κ3) is 8.68. The van der Waals surface area contributed by atoms with Gasteiger partial charge in [0.15, 0.2) is 0 Å². The molecule has 0 rings (SSSR count). The van der Waals surface area contributed by atoms with Crippen molar-refractivity contribution >= 4 is 11.9 Å². The maximum Gasteiger partial charge on any atom is 0.310 e. The molecule has 0 saturated carbocycles. The smallest absolute Gasteiger partial charge is 0.310 e. The van der Waals surface area contributed by atoms with E-state index in [0.717, 1.165) is 0 Å². The van der Waals surface area contributed by atoms with Crippen LogP contribution in [0.25, 0.3) is 0 Å². The lowest BCUT2D eigenvalue weighted by atomic mass is 10.0. The van der Waals surface area contributed by atoms with E-state index in [9.17, 15) is 9.59 Å². The van der Waals surface area contributed by atoms with Crippen LogP contribution in [0.5, 0.6) is 0 Å². The molecule has 0 fully saturated rings. The van der Waals surface area contributed by atoms with E-state index < -0.39 is 23.5 Å². The Morgan fingerprint density at radius 2 is 1.82 bits per heavy atom. The monoisotopic (exact) mass is 245 g/mol. The van der Waals surface area contributed by atoms with Crippen molar-refractivity contribution in [2.75, 3.05) is 20.6 Å². The Labute approximate surface area is 103 Å². The Hall–Kier alpha value is -1.10. The summed E-state index contributed by atoms with van der Waals surface area (Å²) in [6, 6.07) is 0. The SMILES string of the molecule is CN(C)CCC(CC(=O)O)C(=O)OC(C)(C)C. The van der Waals surface area contributed by atoms with Crippen LogP contribution in [-0.2, 0) is 14.3 Å². The van der Waals surface area contributed by atoms with Gasteiger partial charge in [0.05, 0.1) is 12.3 Å². The topological polar surface area (TPSA) is 66.8 Å². The van der Waals surface area contributed by atoms with Crippen molar-refractivity contribution in [1.29, 1.82) is 0 Å². The van der Waals surface area contributed by atoms with Crippen molar-refractivity contribution in [3.05, 3.63) is 0 Å². The van der Waals surface area contributed by atoms with Gasteiger partial charge in [0.2, 0.25) is 0 Å². The molecule has 1 N–H and O–H groups in total. The Morgan fingerprint density at radius 1 is 1.29 bits per heavy atom. The van der Waals surface area contributed by atoms with E-state index in [1.807, 2.05) is 19.0 Å². The molecule has 0 aromatic heterocycles. The average molecular weight is 245 g/mol. The minimum atomic E-state index is -0.973. The van der Waals surface area contributed by atoms with Crippen LogP contribution in [0.3, 0.4) is 0 Å². The fourth-order valence-corrected chi connectivity index (χ4v) is 1.31. The zero-order valence-electron chi connectivity index (χ0n) is 11.3. The Bertz CT molecular complexity index is 268. The van der Waals surface area contributed by atoms with E-state index in [0.29, 0.717) is 13.0 Å². The second-order valence-electron chi connectivity index (χ2n) is 5.42. The molecule has 0 aromatic rings. The first-order chi connectivity index (χ1) is 7.61. The lowest BCUT2D eigenvalue weighted by molar-refractivity contribution is -0.163. The summed E-state index contributed by atoms with van der Waals surface area (Å²) in [6.45, 7) is 5.98. The van der Waals surface area contributed by atoms with Crippen molar-refractivity contribution in [2.24, 2.45) is 5.92 Å². The lowest BCUT2D eigenvalue weighted by Crippen LogP contribution is -2.31. The van der Waals surface area contributed by atoms with Crippen LogP contribution in [0.15, 0.2) is 0 Å². The average Bonchev–Trinajstić information content (AvgIpc) is 2.08. The van der Waals surface area contributed by atoms with Gasteiger partial charge in [-0.05, 0) is 47.8 Å². The summed E-state index contributed by atoms with van der Waals surface area (Å²) in [5, 5.41) is 8.77. The van der Waals surface area contributed by atoms with Crippen molar-refractivity contribution in [3.63, 3.8) is 0 Å². The number of esters is 1. The van der Waals surface area contributed by atoms with Crippen LogP contribution in [0.1, 0.15) is 33.6 Å². The first kappa shape index (κ1) is 15.9. The number of rotatable bonds is 6. The molecule has 17 heavy (non-hydrogen) atoms. The molecule has 0 radical (unpaired) electrons. The predicted molar refractivity (Wildman–Crippen MR) is 64.8 cm³/mol. The lowest BCUT2D eigenvalue weighted by Gasteiger charge is -2.24. The van der Waals surface area contributed by atoms with Gasteiger partial charge in [0, 0.05) is 0 Å². The summed E-state index contributed by atoms with van der Waals surface area (Å²) in [7, 11) is 3.76. The molecule has 0 aliphatic rings. The normalized spacial score (nSPS) is 13.5. The number of carboxylic acids is 1. The van der Waals surface area contributed by atoms with E-state index in [4.69, 9.17) is 9.84 Å². The molecule has 5 nitrogen and oxygen atoms in total. The van der Waals surface area contributed by atoms with Gasteiger partial charge in [-0.15, -0.1) is 0 Å². The summed E-state index contributed by atoms with van der Waals surface area (Å²) >= 11 is 0. The highest BCUT2D eigenvalue weighted by Gasteiger charge is 2.27. The van der Waals surface area contributed by atoms with Gasteiger partial charge in [0.25, 0.3) is 0 Å². The number of aliphatic carboxylic acids is 1. The fourth-order valence-electron chi connectivity index (χ4n) is 1.31. The largest absolute Gasteiger partial charge is 0.481 e. The number of ether oxygens (including phenoxy) is 1. The maximum atomic E-state index is 11.8. The maximum absolute atomic E-state index is 11.8. The highest BCUT2D eigenvalue weighted by Crippen LogP contribution is 2.17. The Morgan fingerprint density at radius 3 is 2.18 bits per heavy atom. The second kappa shape index (κ2) is 6.59. The van der Waals surface area contributed by atoms with Crippen LogP contribution in [0.4, 0.5) is 0 Å². The van der Waals surface area contributed by atoms with Crippen LogP contribution in [-0.4, -0.2) is 48.2 Å². The summed E-state index contributed by atoms with van der Waals surface area (Å²) in [5.74, 6) is -1.98. The van der Waals surface area contributed by atoms with E-state index in [1.54, 1.807) is 20.8 Å². The summed E-state index contributed by atoms with van der Waals surface area (Å²) < 4.78 is 5.21. The number of hydrogen-bond acceptors (Lipinski definition) is 4. The summed E-state index contributed by atoms with van der Waals surface area (Å²) in [4.78, 5) is 24.4. The van der Waals surface area contributed by atoms with E-state index in [2.05, 4.69) is 0 Å². The van der Waals surface area contributed by atoms with Gasteiger partial charge in [-0.2, -0.15) is 0 Å². The van der Waals surface area contributed by atoms with Gasteiger partial charge in [-0.3, -0.25) is 9.59 Å². The summed E-state index contributed by atoms with van der Waals surface area (Å²) in [5.41, 5.74) is -0.577. The fraction of sp³-hybridized carbons (Fsp3) is 0.833. The minimum absolute atomic E-state index is 0.178. The van der Waals surface area contributed by atoms with Gasteiger partial charge < -0.3 is 14.7 Å². The van der Waals surface area contributed by atoms with Gasteiger partial charge in [-0.25, -0.2) is 0 Å². The van der Waals surface area contributed by atoms with E-state index >= 15 is 0 Å². The van der Waals surface area contributed by atoms with E-state index in [-0.39, 0.29) is 6.42 Å². The number of carbonyl (C=O) groups excluding carboxylic acids is 1. The third-order valence-corrected chi connectivity index (χ3v) is 2.09. The molecule has 1 unspecified atom stereocenters. The number of nitrogens with zero attached hydrogens (tertiary/aromatic N) is 1. The molecule has 0 saturated heterocycles. The number of hydrogen-bond donors (Lipinski definition) is 1. The number of carboxylic acid groups (broad SMARTS) is 1. The molecule has 0 amide bonds. The van der Waals surface area contributed by atoms with Crippen molar-refractivity contribution in [2.45, 2.75) is 39.2 Å². The predicted octanol–water partition coefficient (Wildman–Crippen LogP) is 1.37. The zero-order valence-corrected chi connectivity index (χ0v) is 11.3. The molecule has 100 valence electrons. The first-order valence-corrected chi connectivity index (χ1v) is 5.71. The molecular formula is C12H23NO4. The first-order valence-electron chi connectivity index (χ1n) is 5.71. The Balaban J connectivity index is 4.45. The molecule has 1 atom stereocenters. The van der Waals surface area contributed by atoms with Crippen LogP contribution in [0, 0.1) is 5.92 Å². The minimum Gasteiger partial charge on any atom is -0.481 e.